The molecule has 2 aromatic heterocycles. The van der Waals surface area contributed by atoms with Crippen molar-refractivity contribution >= 4 is 44.4 Å². The van der Waals surface area contributed by atoms with Crippen LogP contribution in [0.4, 0.5) is 5.69 Å². The molecule has 144 valence electrons. The highest BCUT2D eigenvalue weighted by Gasteiger charge is 2.19. The van der Waals surface area contributed by atoms with Crippen molar-refractivity contribution in [2.45, 2.75) is 20.4 Å². The van der Waals surface area contributed by atoms with Gasteiger partial charge in [-0.25, -0.2) is 9.78 Å². The first kappa shape index (κ1) is 19.7. The quantitative estimate of drug-likeness (QED) is 0.602. The van der Waals surface area contributed by atoms with Gasteiger partial charge in [0.1, 0.15) is 0 Å². The summed E-state index contributed by atoms with van der Waals surface area (Å²) in [6.45, 7) is 5.36. The van der Waals surface area contributed by atoms with Gasteiger partial charge in [-0.3, -0.25) is 13.9 Å². The zero-order chi connectivity index (χ0) is 19.9. The molecule has 0 aliphatic rings. The number of benzene rings is 1. The number of aromatic nitrogens is 4. The number of nitrogens with zero attached hydrogens (tertiary/aromatic N) is 4. The van der Waals surface area contributed by atoms with Gasteiger partial charge in [-0.1, -0.05) is 24.6 Å². The standard InChI is InChI=1S/C18H21BrClN5O2/c1-10(8-21-13-7-12(20)6-5-11(13)2)9-25-14-15(22-17(25)19)23(3)18(27)24(4)16(14)26/h5-7,10,21H,8-9H2,1-4H3. The Kier molecular flexibility index (Phi) is 5.48. The Labute approximate surface area is 169 Å². The van der Waals surface area contributed by atoms with Crippen LogP contribution in [0.3, 0.4) is 0 Å². The van der Waals surface area contributed by atoms with E-state index in [1.807, 2.05) is 29.7 Å². The van der Waals surface area contributed by atoms with Crippen molar-refractivity contribution < 1.29 is 0 Å². The SMILES string of the molecule is Cc1ccc(Cl)cc1NCC(C)Cn1c(Br)nc2c1c(=O)n(C)c(=O)n2C. The van der Waals surface area contributed by atoms with Crippen LogP contribution in [0, 0.1) is 12.8 Å². The van der Waals surface area contributed by atoms with Crippen LogP contribution >= 0.6 is 27.5 Å². The van der Waals surface area contributed by atoms with Crippen LogP contribution < -0.4 is 16.6 Å². The Balaban J connectivity index is 1.88. The molecule has 0 fully saturated rings. The monoisotopic (exact) mass is 453 g/mol. The molecule has 0 aliphatic heterocycles. The maximum absolute atomic E-state index is 12.6. The molecule has 1 N–H and O–H groups in total. The molecule has 1 atom stereocenters. The number of anilines is 1. The first-order chi connectivity index (χ1) is 12.7. The van der Waals surface area contributed by atoms with Crippen LogP contribution in [0.15, 0.2) is 32.5 Å². The molecule has 0 radical (unpaired) electrons. The summed E-state index contributed by atoms with van der Waals surface area (Å²) < 4.78 is 4.83. The maximum Gasteiger partial charge on any atom is 0.332 e. The average Bonchev–Trinajstić information content (AvgIpc) is 2.95. The molecular formula is C18H21BrClN5O2. The molecule has 9 heteroatoms. The Bertz CT molecular complexity index is 1130. The first-order valence-corrected chi connectivity index (χ1v) is 9.69. The number of imidazole rings is 1. The lowest BCUT2D eigenvalue weighted by atomic mass is 10.1. The fraction of sp³-hybridized carbons (Fsp3) is 0.389. The van der Waals surface area contributed by atoms with Gasteiger partial charge in [0.05, 0.1) is 0 Å². The summed E-state index contributed by atoms with van der Waals surface area (Å²) in [6.07, 6.45) is 0. The van der Waals surface area contributed by atoms with Gasteiger partial charge in [-0.15, -0.1) is 0 Å². The number of hydrogen-bond acceptors (Lipinski definition) is 4. The van der Waals surface area contributed by atoms with Gasteiger partial charge in [0, 0.05) is 37.9 Å². The number of halogens is 2. The molecular weight excluding hydrogens is 434 g/mol. The predicted molar refractivity (Wildman–Crippen MR) is 112 cm³/mol. The largest absolute Gasteiger partial charge is 0.384 e. The van der Waals surface area contributed by atoms with Gasteiger partial charge in [0.25, 0.3) is 5.56 Å². The number of rotatable bonds is 5. The van der Waals surface area contributed by atoms with Crippen molar-refractivity contribution in [2.24, 2.45) is 20.0 Å². The van der Waals surface area contributed by atoms with E-state index in [4.69, 9.17) is 11.6 Å². The van der Waals surface area contributed by atoms with Crippen LogP contribution in [0.2, 0.25) is 5.02 Å². The van der Waals surface area contributed by atoms with Crippen molar-refractivity contribution in [3.8, 4) is 0 Å². The van der Waals surface area contributed by atoms with E-state index in [0.29, 0.717) is 34.0 Å². The van der Waals surface area contributed by atoms with Crippen molar-refractivity contribution in [2.75, 3.05) is 11.9 Å². The number of fused-ring (bicyclic) bond motifs is 1. The van der Waals surface area contributed by atoms with Gasteiger partial charge in [0.15, 0.2) is 15.9 Å². The summed E-state index contributed by atoms with van der Waals surface area (Å²) in [4.78, 5) is 29.1. The highest BCUT2D eigenvalue weighted by molar-refractivity contribution is 9.10. The highest BCUT2D eigenvalue weighted by atomic mass is 79.9. The van der Waals surface area contributed by atoms with Gasteiger partial charge < -0.3 is 9.88 Å². The normalized spacial score (nSPS) is 12.5. The second-order valence-electron chi connectivity index (χ2n) is 6.81. The Morgan fingerprint density at radius 1 is 1.26 bits per heavy atom. The molecule has 27 heavy (non-hydrogen) atoms. The fourth-order valence-electron chi connectivity index (χ4n) is 3.03. The molecule has 0 spiro atoms. The van der Waals surface area contributed by atoms with E-state index in [1.165, 1.54) is 11.6 Å². The van der Waals surface area contributed by atoms with E-state index in [2.05, 4.69) is 33.2 Å². The van der Waals surface area contributed by atoms with Gasteiger partial charge in [-0.2, -0.15) is 0 Å². The third-order valence-electron chi connectivity index (χ3n) is 4.64. The number of nitrogens with one attached hydrogen (secondary N) is 1. The van der Waals surface area contributed by atoms with E-state index >= 15 is 0 Å². The second kappa shape index (κ2) is 7.52. The van der Waals surface area contributed by atoms with Crippen molar-refractivity contribution in [3.05, 3.63) is 54.4 Å². The van der Waals surface area contributed by atoms with E-state index in [0.717, 1.165) is 15.8 Å². The zero-order valence-electron chi connectivity index (χ0n) is 15.6. The molecule has 2 heterocycles. The summed E-state index contributed by atoms with van der Waals surface area (Å²) in [6, 6.07) is 5.73. The summed E-state index contributed by atoms with van der Waals surface area (Å²) >= 11 is 9.49. The summed E-state index contributed by atoms with van der Waals surface area (Å²) in [7, 11) is 3.09. The third-order valence-corrected chi connectivity index (χ3v) is 5.48. The molecule has 0 amide bonds. The minimum atomic E-state index is -0.393. The molecule has 0 bridgehead atoms. The molecule has 1 aromatic carbocycles. The Hall–Kier alpha value is -2.06. The lowest BCUT2D eigenvalue weighted by Crippen LogP contribution is -2.37. The first-order valence-electron chi connectivity index (χ1n) is 8.52. The van der Waals surface area contributed by atoms with Gasteiger partial charge >= 0.3 is 5.69 Å². The fourth-order valence-corrected chi connectivity index (χ4v) is 3.69. The van der Waals surface area contributed by atoms with E-state index in [9.17, 15) is 9.59 Å². The van der Waals surface area contributed by atoms with Crippen LogP contribution in [-0.4, -0.2) is 25.2 Å². The lowest BCUT2D eigenvalue weighted by molar-refractivity contribution is 0.504. The molecule has 7 nitrogen and oxygen atoms in total. The average molecular weight is 455 g/mol. The highest BCUT2D eigenvalue weighted by Crippen LogP contribution is 2.22. The Morgan fingerprint density at radius 3 is 2.67 bits per heavy atom. The van der Waals surface area contributed by atoms with Crippen LogP contribution in [0.5, 0.6) is 0 Å². The zero-order valence-corrected chi connectivity index (χ0v) is 17.9. The van der Waals surface area contributed by atoms with Crippen LogP contribution in [0.1, 0.15) is 12.5 Å². The van der Waals surface area contributed by atoms with E-state index < -0.39 is 5.69 Å². The van der Waals surface area contributed by atoms with Gasteiger partial charge in [-0.05, 0) is 46.5 Å². The third kappa shape index (κ3) is 3.68. The minimum Gasteiger partial charge on any atom is -0.384 e. The van der Waals surface area contributed by atoms with E-state index in [-0.39, 0.29) is 11.5 Å². The predicted octanol–water partition coefficient (Wildman–Crippen LogP) is 2.91. The van der Waals surface area contributed by atoms with E-state index in [1.54, 1.807) is 7.05 Å². The van der Waals surface area contributed by atoms with Crippen LogP contribution in [-0.2, 0) is 20.6 Å². The van der Waals surface area contributed by atoms with Crippen molar-refractivity contribution in [3.63, 3.8) is 0 Å². The maximum atomic E-state index is 12.6. The summed E-state index contributed by atoms with van der Waals surface area (Å²) in [5, 5.41) is 4.09. The molecule has 0 aliphatic carbocycles. The Morgan fingerprint density at radius 2 is 1.96 bits per heavy atom. The van der Waals surface area contributed by atoms with Crippen molar-refractivity contribution in [1.29, 1.82) is 0 Å². The molecule has 0 saturated carbocycles. The molecule has 1 unspecified atom stereocenters. The number of aryl methyl sites for hydroxylation is 2. The number of hydrogen-bond donors (Lipinski definition) is 1. The second-order valence-corrected chi connectivity index (χ2v) is 7.96. The molecule has 3 aromatic rings. The summed E-state index contributed by atoms with van der Waals surface area (Å²) in [5.74, 6) is 0.194. The summed E-state index contributed by atoms with van der Waals surface area (Å²) in [5.41, 5.74) is 2.15. The van der Waals surface area contributed by atoms with Crippen molar-refractivity contribution in [1.82, 2.24) is 18.7 Å². The minimum absolute atomic E-state index is 0.194. The van der Waals surface area contributed by atoms with Crippen LogP contribution in [0.25, 0.3) is 11.2 Å². The van der Waals surface area contributed by atoms with Gasteiger partial charge in [0.2, 0.25) is 0 Å². The lowest BCUT2D eigenvalue weighted by Gasteiger charge is -2.17. The molecule has 3 rings (SSSR count). The topological polar surface area (TPSA) is 73.8 Å². The smallest absolute Gasteiger partial charge is 0.332 e. The molecule has 0 saturated heterocycles.